The Morgan fingerprint density at radius 2 is 2.14 bits per heavy atom. The molecule has 2 heterocycles. The van der Waals surface area contributed by atoms with Gasteiger partial charge in [-0.2, -0.15) is 27.2 Å². The maximum absolute atomic E-state index is 12.1. The van der Waals surface area contributed by atoms with Crippen LogP contribution in [0.2, 0.25) is 0 Å². The van der Waals surface area contributed by atoms with Gasteiger partial charge in [0.05, 0.1) is 0 Å². The molecule has 0 spiro atoms. The van der Waals surface area contributed by atoms with E-state index in [4.69, 9.17) is 4.74 Å². The van der Waals surface area contributed by atoms with Crippen molar-refractivity contribution in [2.75, 3.05) is 25.5 Å². The summed E-state index contributed by atoms with van der Waals surface area (Å²) in [4.78, 5) is 12.1. The summed E-state index contributed by atoms with van der Waals surface area (Å²) >= 11 is 1.92. The lowest BCUT2D eigenvalue weighted by molar-refractivity contribution is 0.0955. The van der Waals surface area contributed by atoms with E-state index < -0.39 is 0 Å². The summed E-state index contributed by atoms with van der Waals surface area (Å²) in [5.41, 5.74) is 2.09. The first kappa shape index (κ1) is 14.3. The fraction of sp³-hybridized carbons (Fsp3) is 0.500. The Morgan fingerprint density at radius 1 is 1.33 bits per heavy atom. The molecule has 2 aromatic rings. The molecule has 1 saturated heterocycles. The minimum atomic E-state index is -0.0625. The van der Waals surface area contributed by atoms with Crippen LogP contribution in [0.5, 0.6) is 0 Å². The summed E-state index contributed by atoms with van der Waals surface area (Å²) in [5.74, 6) is 0.871. The Hall–Kier alpha value is -1.60. The van der Waals surface area contributed by atoms with Gasteiger partial charge < -0.3 is 10.1 Å². The Labute approximate surface area is 127 Å². The Kier molecular flexibility index (Phi) is 4.72. The fourth-order valence-electron chi connectivity index (χ4n) is 2.32. The van der Waals surface area contributed by atoms with Crippen LogP contribution in [0.1, 0.15) is 23.2 Å². The topological polar surface area (TPSA) is 79.9 Å². The number of benzene rings is 1. The number of ether oxygens (including phenoxy) is 1. The lowest BCUT2D eigenvalue weighted by atomic mass is 10.2. The Morgan fingerprint density at radius 3 is 3.00 bits per heavy atom. The van der Waals surface area contributed by atoms with Gasteiger partial charge in [-0.3, -0.25) is 4.79 Å². The lowest BCUT2D eigenvalue weighted by Crippen LogP contribution is -2.27. The molecule has 2 N–H and O–H groups in total. The first-order valence-corrected chi connectivity index (χ1v) is 8.16. The van der Waals surface area contributed by atoms with E-state index in [1.165, 1.54) is 0 Å². The molecular formula is C14H18N4O2S. The van der Waals surface area contributed by atoms with Gasteiger partial charge in [0.15, 0.2) is 0 Å². The molecule has 6 nitrogen and oxygen atoms in total. The van der Waals surface area contributed by atoms with Gasteiger partial charge in [-0.05, 0) is 31.0 Å². The van der Waals surface area contributed by atoms with Gasteiger partial charge in [-0.25, -0.2) is 0 Å². The van der Waals surface area contributed by atoms with Gasteiger partial charge in [0, 0.05) is 36.3 Å². The summed E-state index contributed by atoms with van der Waals surface area (Å²) in [7, 11) is 0. The minimum absolute atomic E-state index is 0.0625. The first-order valence-electron chi connectivity index (χ1n) is 7.11. The van der Waals surface area contributed by atoms with Gasteiger partial charge in [-0.15, -0.1) is 0 Å². The molecule has 1 aliphatic heterocycles. The van der Waals surface area contributed by atoms with E-state index in [0.29, 0.717) is 22.9 Å². The van der Waals surface area contributed by atoms with Crippen LogP contribution in [-0.4, -0.2) is 52.1 Å². The van der Waals surface area contributed by atoms with Crippen LogP contribution in [0.15, 0.2) is 18.2 Å². The third kappa shape index (κ3) is 3.74. The summed E-state index contributed by atoms with van der Waals surface area (Å²) < 4.78 is 5.33. The number of rotatable bonds is 5. The maximum atomic E-state index is 12.1. The smallest absolute Gasteiger partial charge is 0.251 e. The van der Waals surface area contributed by atoms with Gasteiger partial charge in [-0.1, -0.05) is 0 Å². The highest BCUT2D eigenvalue weighted by Gasteiger charge is 2.14. The second kappa shape index (κ2) is 6.91. The van der Waals surface area contributed by atoms with E-state index in [9.17, 15) is 4.79 Å². The number of aromatic amines is 1. The molecule has 0 aliphatic carbocycles. The van der Waals surface area contributed by atoms with Crippen molar-refractivity contribution >= 4 is 28.7 Å². The molecule has 112 valence electrons. The van der Waals surface area contributed by atoms with Crippen LogP contribution in [0.3, 0.4) is 0 Å². The molecule has 0 atom stereocenters. The number of nitrogens with one attached hydrogen (secondary N) is 2. The second-order valence-electron chi connectivity index (χ2n) is 4.97. The molecule has 7 heteroatoms. The number of hydrogen-bond donors (Lipinski definition) is 2. The Bertz CT molecular complexity index is 610. The number of fused-ring (bicyclic) bond motifs is 1. The van der Waals surface area contributed by atoms with Crippen molar-refractivity contribution < 1.29 is 9.53 Å². The largest absolute Gasteiger partial charge is 0.381 e. The number of aromatic nitrogens is 3. The van der Waals surface area contributed by atoms with Crippen LogP contribution in [-0.2, 0) is 4.74 Å². The molecule has 1 amide bonds. The van der Waals surface area contributed by atoms with E-state index in [2.05, 4.69) is 20.7 Å². The fourth-order valence-corrected chi connectivity index (χ4v) is 3.40. The second-order valence-corrected chi connectivity index (χ2v) is 6.37. The zero-order valence-electron chi connectivity index (χ0n) is 11.7. The van der Waals surface area contributed by atoms with Crippen molar-refractivity contribution in [3.8, 4) is 0 Å². The maximum Gasteiger partial charge on any atom is 0.251 e. The van der Waals surface area contributed by atoms with Gasteiger partial charge in [0.1, 0.15) is 11.0 Å². The van der Waals surface area contributed by atoms with E-state index >= 15 is 0 Å². The average molecular weight is 306 g/mol. The van der Waals surface area contributed by atoms with Crippen LogP contribution in [0.4, 0.5) is 0 Å². The van der Waals surface area contributed by atoms with Crippen LogP contribution in [0.25, 0.3) is 11.0 Å². The molecule has 1 fully saturated rings. The zero-order valence-corrected chi connectivity index (χ0v) is 12.5. The van der Waals surface area contributed by atoms with Crippen LogP contribution >= 0.6 is 11.8 Å². The molecular weight excluding hydrogens is 288 g/mol. The highest BCUT2D eigenvalue weighted by atomic mass is 32.2. The summed E-state index contributed by atoms with van der Waals surface area (Å²) in [6.45, 7) is 2.40. The monoisotopic (exact) mass is 306 g/mol. The van der Waals surface area contributed by atoms with Crippen molar-refractivity contribution in [1.82, 2.24) is 20.7 Å². The molecule has 21 heavy (non-hydrogen) atoms. The molecule has 0 bridgehead atoms. The number of amides is 1. The number of carbonyl (C=O) groups excluding carboxylic acids is 1. The predicted molar refractivity (Wildman–Crippen MR) is 82.5 cm³/mol. The highest BCUT2D eigenvalue weighted by Crippen LogP contribution is 2.21. The number of nitrogens with zero attached hydrogens (tertiary/aromatic N) is 2. The summed E-state index contributed by atoms with van der Waals surface area (Å²) in [6, 6.07) is 5.32. The summed E-state index contributed by atoms with van der Waals surface area (Å²) in [6.07, 6.45) is 2.23. The third-order valence-electron chi connectivity index (χ3n) is 3.49. The zero-order chi connectivity index (χ0) is 14.5. The molecule has 0 radical (unpaired) electrons. The van der Waals surface area contributed by atoms with Gasteiger partial charge in [0.2, 0.25) is 0 Å². The van der Waals surface area contributed by atoms with Crippen molar-refractivity contribution in [1.29, 1.82) is 0 Å². The number of carbonyl (C=O) groups is 1. The van der Waals surface area contributed by atoms with Gasteiger partial charge >= 0.3 is 0 Å². The molecule has 0 unspecified atom stereocenters. The number of hydrogen-bond acceptors (Lipinski definition) is 5. The molecule has 3 rings (SSSR count). The predicted octanol–water partition coefficient (Wildman–Crippen LogP) is 1.60. The standard InChI is InChI=1S/C14H18N4O2S/c19-14(10-1-2-12-13(9-10)17-18-16-12)15-5-8-21-11-3-6-20-7-4-11/h1-2,9,11H,3-8H2,(H,15,19)(H,16,17,18). The van der Waals surface area contributed by atoms with E-state index in [0.717, 1.165) is 37.3 Å². The van der Waals surface area contributed by atoms with Crippen molar-refractivity contribution in [3.63, 3.8) is 0 Å². The van der Waals surface area contributed by atoms with E-state index in [1.807, 2.05) is 11.8 Å². The van der Waals surface area contributed by atoms with Crippen molar-refractivity contribution in [3.05, 3.63) is 23.8 Å². The molecule has 1 aromatic carbocycles. The van der Waals surface area contributed by atoms with Crippen molar-refractivity contribution in [2.45, 2.75) is 18.1 Å². The average Bonchev–Trinajstić information content (AvgIpc) is 3.00. The third-order valence-corrected chi connectivity index (χ3v) is 4.87. The van der Waals surface area contributed by atoms with Crippen LogP contribution < -0.4 is 5.32 Å². The van der Waals surface area contributed by atoms with Crippen molar-refractivity contribution in [2.24, 2.45) is 0 Å². The van der Waals surface area contributed by atoms with Crippen LogP contribution in [0, 0.1) is 0 Å². The summed E-state index contributed by atoms with van der Waals surface area (Å²) in [5, 5.41) is 14.1. The highest BCUT2D eigenvalue weighted by molar-refractivity contribution is 7.99. The van der Waals surface area contributed by atoms with E-state index in [1.54, 1.807) is 18.2 Å². The molecule has 1 aromatic heterocycles. The van der Waals surface area contributed by atoms with Gasteiger partial charge in [0.25, 0.3) is 5.91 Å². The van der Waals surface area contributed by atoms with E-state index in [-0.39, 0.29) is 5.91 Å². The number of thioether (sulfide) groups is 1. The Balaban J connectivity index is 1.45. The minimum Gasteiger partial charge on any atom is -0.381 e. The quantitative estimate of drug-likeness (QED) is 0.820. The molecule has 1 aliphatic rings. The lowest BCUT2D eigenvalue weighted by Gasteiger charge is -2.21. The molecule has 0 saturated carbocycles. The normalized spacial score (nSPS) is 16.2. The SMILES string of the molecule is O=C(NCCSC1CCOCC1)c1ccc2n[nH]nc2c1. The number of H-pyrrole nitrogens is 1. The first-order chi connectivity index (χ1) is 10.3.